The van der Waals surface area contributed by atoms with E-state index in [0.717, 1.165) is 16.9 Å². The van der Waals surface area contributed by atoms with Crippen molar-refractivity contribution in [3.63, 3.8) is 0 Å². The van der Waals surface area contributed by atoms with Gasteiger partial charge in [0.05, 0.1) is 7.11 Å². The van der Waals surface area contributed by atoms with E-state index in [0.29, 0.717) is 11.3 Å². The average Bonchev–Trinajstić information content (AvgIpc) is 2.35. The van der Waals surface area contributed by atoms with Crippen molar-refractivity contribution in [1.29, 1.82) is 0 Å². The molecule has 3 nitrogen and oxygen atoms in total. The normalized spacial score (nSPS) is 12.0. The lowest BCUT2D eigenvalue weighted by Gasteiger charge is -2.29. The highest BCUT2D eigenvalue weighted by molar-refractivity contribution is 5.89. The van der Waals surface area contributed by atoms with Gasteiger partial charge in [0.25, 0.3) is 0 Å². The van der Waals surface area contributed by atoms with Crippen LogP contribution >= 0.6 is 0 Å². The van der Waals surface area contributed by atoms with E-state index in [1.54, 1.807) is 14.0 Å². The Morgan fingerprint density at radius 1 is 1.00 bits per heavy atom. The molecular weight excluding hydrogens is 276 g/mol. The Morgan fingerprint density at radius 2 is 1.41 bits per heavy atom. The molecular formula is C19H28O3. The lowest BCUT2D eigenvalue weighted by atomic mass is 9.79. The Morgan fingerprint density at radius 3 is 1.68 bits per heavy atom. The second kappa shape index (κ2) is 6.15. The second-order valence-electron chi connectivity index (χ2n) is 7.72. The predicted octanol–water partition coefficient (Wildman–Crippen LogP) is 4.77. The molecule has 0 saturated carbocycles. The molecule has 0 fully saturated rings. The molecule has 0 unspecified atom stereocenters. The van der Waals surface area contributed by atoms with Gasteiger partial charge in [-0.25, -0.2) is 4.79 Å². The molecule has 1 aromatic rings. The molecule has 0 atom stereocenters. The molecule has 0 heterocycles. The largest absolute Gasteiger partial charge is 0.497 e. The summed E-state index contributed by atoms with van der Waals surface area (Å²) in [4.78, 5) is 12.1. The molecule has 0 radical (unpaired) electrons. The van der Waals surface area contributed by atoms with E-state index in [9.17, 15) is 4.79 Å². The van der Waals surface area contributed by atoms with E-state index in [2.05, 4.69) is 48.1 Å². The van der Waals surface area contributed by atoms with Crippen LogP contribution in [0.5, 0.6) is 11.5 Å². The van der Waals surface area contributed by atoms with Crippen LogP contribution < -0.4 is 9.47 Å². The van der Waals surface area contributed by atoms with Gasteiger partial charge in [0, 0.05) is 16.7 Å². The van der Waals surface area contributed by atoms with Gasteiger partial charge in [-0.2, -0.15) is 0 Å². The molecule has 22 heavy (non-hydrogen) atoms. The number of rotatable bonds is 3. The SMILES string of the molecule is C=C(C)C(=O)Oc1c(C(C)(C)C)cc(OC)cc1C(C)(C)C. The van der Waals surface area contributed by atoms with Crippen LogP contribution in [0.3, 0.4) is 0 Å². The van der Waals surface area contributed by atoms with E-state index >= 15 is 0 Å². The summed E-state index contributed by atoms with van der Waals surface area (Å²) in [7, 11) is 1.65. The number of benzene rings is 1. The number of ether oxygens (including phenoxy) is 2. The van der Waals surface area contributed by atoms with Crippen LogP contribution in [-0.4, -0.2) is 13.1 Å². The van der Waals surface area contributed by atoms with Crippen molar-refractivity contribution in [2.75, 3.05) is 7.11 Å². The minimum absolute atomic E-state index is 0.181. The Balaban J connectivity index is 3.66. The molecule has 1 aromatic carbocycles. The van der Waals surface area contributed by atoms with Gasteiger partial charge in [0.15, 0.2) is 0 Å². The number of hydrogen-bond acceptors (Lipinski definition) is 3. The van der Waals surface area contributed by atoms with Crippen molar-refractivity contribution in [2.24, 2.45) is 0 Å². The van der Waals surface area contributed by atoms with E-state index in [-0.39, 0.29) is 10.8 Å². The van der Waals surface area contributed by atoms with Crippen LogP contribution in [0.15, 0.2) is 24.3 Å². The summed E-state index contributed by atoms with van der Waals surface area (Å²) >= 11 is 0. The van der Waals surface area contributed by atoms with Crippen LogP contribution in [0, 0.1) is 0 Å². The molecule has 0 aromatic heterocycles. The highest BCUT2D eigenvalue weighted by Crippen LogP contribution is 2.42. The first-order valence-corrected chi connectivity index (χ1v) is 7.48. The molecule has 3 heteroatoms. The summed E-state index contributed by atoms with van der Waals surface area (Å²) in [6.45, 7) is 17.9. The average molecular weight is 304 g/mol. The maximum atomic E-state index is 12.1. The van der Waals surface area contributed by atoms with Crippen molar-refractivity contribution in [3.05, 3.63) is 35.4 Å². The lowest BCUT2D eigenvalue weighted by molar-refractivity contribution is -0.130. The predicted molar refractivity (Wildman–Crippen MR) is 90.8 cm³/mol. The summed E-state index contributed by atoms with van der Waals surface area (Å²) in [6, 6.07) is 3.88. The highest BCUT2D eigenvalue weighted by atomic mass is 16.5. The molecule has 122 valence electrons. The van der Waals surface area contributed by atoms with Crippen LogP contribution in [0.4, 0.5) is 0 Å². The topological polar surface area (TPSA) is 35.5 Å². The lowest BCUT2D eigenvalue weighted by Crippen LogP contribution is -2.22. The molecule has 0 bridgehead atoms. The number of carbonyl (C=O) groups excluding carboxylic acids is 1. The third-order valence-corrected chi connectivity index (χ3v) is 3.46. The maximum Gasteiger partial charge on any atom is 0.338 e. The molecule has 0 saturated heterocycles. The standard InChI is InChI=1S/C19H28O3/c1-12(2)17(20)22-16-14(18(3,4)5)10-13(21-9)11-15(16)19(6,7)8/h10-11H,1H2,2-9H3. The van der Waals surface area contributed by atoms with Crippen LogP contribution in [0.2, 0.25) is 0 Å². The van der Waals surface area contributed by atoms with Crippen LogP contribution in [0.25, 0.3) is 0 Å². The third kappa shape index (κ3) is 4.12. The van der Waals surface area contributed by atoms with Gasteiger partial charge >= 0.3 is 5.97 Å². The fourth-order valence-electron chi connectivity index (χ4n) is 2.12. The van der Waals surface area contributed by atoms with Crippen LogP contribution in [0.1, 0.15) is 59.6 Å². The van der Waals surface area contributed by atoms with Crippen molar-refractivity contribution >= 4 is 5.97 Å². The highest BCUT2D eigenvalue weighted by Gasteiger charge is 2.29. The van der Waals surface area contributed by atoms with Crippen molar-refractivity contribution < 1.29 is 14.3 Å². The number of hydrogen-bond donors (Lipinski definition) is 0. The van der Waals surface area contributed by atoms with Gasteiger partial charge in [0.2, 0.25) is 0 Å². The minimum atomic E-state index is -0.402. The Bertz CT molecular complexity index is 549. The monoisotopic (exact) mass is 304 g/mol. The molecule has 0 amide bonds. The first-order chi connectivity index (χ1) is 9.87. The van der Waals surface area contributed by atoms with Gasteiger partial charge in [-0.05, 0) is 29.9 Å². The van der Waals surface area contributed by atoms with Gasteiger partial charge in [-0.1, -0.05) is 48.1 Å². The zero-order chi connectivity index (χ0) is 17.3. The van der Waals surface area contributed by atoms with Crippen LogP contribution in [-0.2, 0) is 15.6 Å². The van der Waals surface area contributed by atoms with Crippen molar-refractivity contribution in [2.45, 2.75) is 59.3 Å². The zero-order valence-electron chi connectivity index (χ0n) is 15.1. The Kier molecular flexibility index (Phi) is 5.11. The second-order valence-corrected chi connectivity index (χ2v) is 7.72. The summed E-state index contributed by atoms with van der Waals surface area (Å²) in [5.74, 6) is 0.986. The van der Waals surface area contributed by atoms with Gasteiger partial charge in [-0.3, -0.25) is 0 Å². The summed E-state index contributed by atoms with van der Waals surface area (Å²) in [5.41, 5.74) is 1.92. The van der Waals surface area contributed by atoms with Gasteiger partial charge in [-0.15, -0.1) is 0 Å². The van der Waals surface area contributed by atoms with Crippen molar-refractivity contribution in [1.82, 2.24) is 0 Å². The molecule has 1 rings (SSSR count). The van der Waals surface area contributed by atoms with E-state index < -0.39 is 5.97 Å². The third-order valence-electron chi connectivity index (χ3n) is 3.46. The quantitative estimate of drug-likeness (QED) is 0.458. The van der Waals surface area contributed by atoms with E-state index in [4.69, 9.17) is 9.47 Å². The Labute approximate surface area is 134 Å². The number of carbonyl (C=O) groups is 1. The molecule has 0 spiro atoms. The smallest absolute Gasteiger partial charge is 0.338 e. The first kappa shape index (κ1) is 18.3. The first-order valence-electron chi connectivity index (χ1n) is 7.48. The van der Waals surface area contributed by atoms with E-state index in [1.165, 1.54) is 0 Å². The molecule has 0 aliphatic rings. The molecule has 0 aliphatic heterocycles. The van der Waals surface area contributed by atoms with E-state index in [1.807, 2.05) is 12.1 Å². The number of methoxy groups -OCH3 is 1. The zero-order valence-corrected chi connectivity index (χ0v) is 15.1. The fourth-order valence-corrected chi connectivity index (χ4v) is 2.12. The summed E-state index contributed by atoms with van der Waals surface area (Å²) in [6.07, 6.45) is 0. The van der Waals surface area contributed by atoms with Gasteiger partial charge < -0.3 is 9.47 Å². The molecule has 0 N–H and O–H groups in total. The summed E-state index contributed by atoms with van der Waals surface area (Å²) < 4.78 is 11.1. The minimum Gasteiger partial charge on any atom is -0.497 e. The number of esters is 1. The molecule has 0 aliphatic carbocycles. The van der Waals surface area contributed by atoms with Gasteiger partial charge in [0.1, 0.15) is 11.5 Å². The summed E-state index contributed by atoms with van der Waals surface area (Å²) in [5, 5.41) is 0. The fraction of sp³-hybridized carbons (Fsp3) is 0.526. The maximum absolute atomic E-state index is 12.1. The Hall–Kier alpha value is -1.77. The van der Waals surface area contributed by atoms with Crippen molar-refractivity contribution in [3.8, 4) is 11.5 Å².